The standard InChI is InChI=1S/C22H22IN5O/c1-15-14-20(28-12-2-3-13-28)27-22(24-15)26-19-10-8-18(9-11-19)25-21(29)16-4-6-17(23)7-5-16/h4-11,14H,2-3,12-13H2,1H3,(H,25,29)(H,24,26,27). The number of hydrogen-bond acceptors (Lipinski definition) is 5. The minimum Gasteiger partial charge on any atom is -0.356 e. The molecule has 0 saturated carbocycles. The van der Waals surface area contributed by atoms with Gasteiger partial charge in [-0.05, 0) is 90.9 Å². The molecule has 1 aromatic heterocycles. The van der Waals surface area contributed by atoms with Crippen LogP contribution in [0.2, 0.25) is 0 Å². The van der Waals surface area contributed by atoms with E-state index >= 15 is 0 Å². The van der Waals surface area contributed by atoms with Crippen molar-refractivity contribution in [2.45, 2.75) is 19.8 Å². The Hall–Kier alpha value is -2.68. The molecule has 29 heavy (non-hydrogen) atoms. The number of amides is 1. The third-order valence-electron chi connectivity index (χ3n) is 4.78. The molecule has 0 bridgehead atoms. The largest absolute Gasteiger partial charge is 0.356 e. The molecule has 4 rings (SSSR count). The van der Waals surface area contributed by atoms with Crippen molar-refractivity contribution >= 4 is 51.6 Å². The Morgan fingerprint density at radius 2 is 1.62 bits per heavy atom. The quantitative estimate of drug-likeness (QED) is 0.485. The second-order valence-corrected chi connectivity index (χ2v) is 8.29. The second-order valence-electron chi connectivity index (χ2n) is 7.05. The molecule has 1 saturated heterocycles. The van der Waals surface area contributed by atoms with Gasteiger partial charge in [-0.15, -0.1) is 0 Å². The van der Waals surface area contributed by atoms with Crippen LogP contribution in [0.3, 0.4) is 0 Å². The molecule has 148 valence electrons. The van der Waals surface area contributed by atoms with Crippen molar-refractivity contribution in [1.82, 2.24) is 9.97 Å². The summed E-state index contributed by atoms with van der Waals surface area (Å²) in [6.45, 7) is 4.07. The summed E-state index contributed by atoms with van der Waals surface area (Å²) in [5.41, 5.74) is 3.18. The van der Waals surface area contributed by atoms with Gasteiger partial charge in [0.1, 0.15) is 5.82 Å². The van der Waals surface area contributed by atoms with Crippen LogP contribution < -0.4 is 15.5 Å². The number of halogens is 1. The normalized spacial score (nSPS) is 13.4. The number of carbonyl (C=O) groups is 1. The summed E-state index contributed by atoms with van der Waals surface area (Å²) in [6, 6.07) is 17.0. The van der Waals surface area contributed by atoms with Crippen LogP contribution in [0.15, 0.2) is 54.6 Å². The zero-order valence-corrected chi connectivity index (χ0v) is 18.3. The van der Waals surface area contributed by atoms with Crippen molar-refractivity contribution in [3.8, 4) is 0 Å². The molecule has 1 aliphatic heterocycles. The first-order valence-corrected chi connectivity index (χ1v) is 10.7. The number of rotatable bonds is 5. The Morgan fingerprint density at radius 1 is 0.966 bits per heavy atom. The van der Waals surface area contributed by atoms with Crippen LogP contribution in [0.4, 0.5) is 23.1 Å². The van der Waals surface area contributed by atoms with Crippen LogP contribution in [0.1, 0.15) is 28.9 Å². The van der Waals surface area contributed by atoms with E-state index in [1.54, 1.807) is 0 Å². The first-order valence-electron chi connectivity index (χ1n) is 9.61. The highest BCUT2D eigenvalue weighted by molar-refractivity contribution is 14.1. The molecule has 6 nitrogen and oxygen atoms in total. The predicted molar refractivity (Wildman–Crippen MR) is 125 cm³/mol. The monoisotopic (exact) mass is 499 g/mol. The van der Waals surface area contributed by atoms with E-state index in [0.29, 0.717) is 11.5 Å². The Labute approximate surface area is 183 Å². The predicted octanol–water partition coefficient (Wildman–Crippen LogP) is 4.99. The highest BCUT2D eigenvalue weighted by Gasteiger charge is 2.15. The first kappa shape index (κ1) is 19.6. The zero-order valence-electron chi connectivity index (χ0n) is 16.2. The molecule has 1 aliphatic rings. The maximum Gasteiger partial charge on any atom is 0.255 e. The van der Waals surface area contributed by atoms with Crippen molar-refractivity contribution in [1.29, 1.82) is 0 Å². The molecule has 3 aromatic rings. The number of anilines is 4. The van der Waals surface area contributed by atoms with Gasteiger partial charge >= 0.3 is 0 Å². The van der Waals surface area contributed by atoms with E-state index in [1.165, 1.54) is 12.8 Å². The molecule has 0 aliphatic carbocycles. The summed E-state index contributed by atoms with van der Waals surface area (Å²) >= 11 is 2.22. The summed E-state index contributed by atoms with van der Waals surface area (Å²) in [6.07, 6.45) is 2.42. The molecule has 1 fully saturated rings. The molecule has 0 spiro atoms. The Morgan fingerprint density at radius 3 is 2.31 bits per heavy atom. The van der Waals surface area contributed by atoms with Crippen LogP contribution in [-0.2, 0) is 0 Å². The number of nitrogens with one attached hydrogen (secondary N) is 2. The summed E-state index contributed by atoms with van der Waals surface area (Å²) in [7, 11) is 0. The van der Waals surface area contributed by atoms with Gasteiger partial charge in [0.25, 0.3) is 5.91 Å². The van der Waals surface area contributed by atoms with Gasteiger partial charge in [0, 0.05) is 45.4 Å². The minimum atomic E-state index is -0.126. The van der Waals surface area contributed by atoms with Crippen molar-refractivity contribution in [3.05, 3.63) is 69.4 Å². The molecular weight excluding hydrogens is 477 g/mol. The molecule has 0 unspecified atom stereocenters. The fourth-order valence-corrected chi connectivity index (χ4v) is 3.65. The van der Waals surface area contributed by atoms with Gasteiger partial charge in [0.2, 0.25) is 5.95 Å². The van der Waals surface area contributed by atoms with E-state index in [4.69, 9.17) is 0 Å². The van der Waals surface area contributed by atoms with Gasteiger partial charge in [0.05, 0.1) is 0 Å². The third-order valence-corrected chi connectivity index (χ3v) is 5.50. The summed E-state index contributed by atoms with van der Waals surface area (Å²) in [5, 5.41) is 6.18. The van der Waals surface area contributed by atoms with Gasteiger partial charge in [-0.25, -0.2) is 4.98 Å². The molecule has 2 N–H and O–H groups in total. The second kappa shape index (κ2) is 8.77. The maximum absolute atomic E-state index is 12.3. The van der Waals surface area contributed by atoms with Gasteiger partial charge in [0.15, 0.2) is 0 Å². The van der Waals surface area contributed by atoms with Gasteiger partial charge in [-0.1, -0.05) is 0 Å². The van der Waals surface area contributed by atoms with E-state index < -0.39 is 0 Å². The maximum atomic E-state index is 12.3. The number of nitrogens with zero attached hydrogens (tertiary/aromatic N) is 3. The minimum absolute atomic E-state index is 0.126. The number of benzene rings is 2. The van der Waals surface area contributed by atoms with Crippen LogP contribution in [0.25, 0.3) is 0 Å². The zero-order chi connectivity index (χ0) is 20.2. The van der Waals surface area contributed by atoms with Crippen LogP contribution >= 0.6 is 22.6 Å². The molecule has 1 amide bonds. The molecule has 0 radical (unpaired) electrons. The highest BCUT2D eigenvalue weighted by Crippen LogP contribution is 2.22. The van der Waals surface area contributed by atoms with Crippen molar-refractivity contribution < 1.29 is 4.79 Å². The highest BCUT2D eigenvalue weighted by atomic mass is 127. The average molecular weight is 499 g/mol. The van der Waals surface area contributed by atoms with Crippen LogP contribution in [-0.4, -0.2) is 29.0 Å². The summed E-state index contributed by atoms with van der Waals surface area (Å²) < 4.78 is 1.10. The van der Waals surface area contributed by atoms with Gasteiger partial charge < -0.3 is 15.5 Å². The SMILES string of the molecule is Cc1cc(N2CCCC2)nc(Nc2ccc(NC(=O)c3ccc(I)cc3)cc2)n1. The fourth-order valence-electron chi connectivity index (χ4n) is 3.29. The molecule has 2 heterocycles. The Kier molecular flexibility index (Phi) is 5.94. The van der Waals surface area contributed by atoms with Crippen LogP contribution in [0, 0.1) is 10.5 Å². The first-order chi connectivity index (χ1) is 14.1. The molecular formula is C22H22IN5O. The van der Waals surface area contributed by atoms with E-state index in [1.807, 2.05) is 61.5 Å². The third kappa shape index (κ3) is 5.03. The molecule has 0 atom stereocenters. The van der Waals surface area contributed by atoms with Crippen molar-refractivity contribution in [3.63, 3.8) is 0 Å². The number of hydrogen-bond donors (Lipinski definition) is 2. The topological polar surface area (TPSA) is 70.2 Å². The average Bonchev–Trinajstić information content (AvgIpc) is 3.24. The van der Waals surface area contributed by atoms with Gasteiger partial charge in [-0.3, -0.25) is 4.79 Å². The van der Waals surface area contributed by atoms with Crippen molar-refractivity contribution in [2.75, 3.05) is 28.6 Å². The van der Waals surface area contributed by atoms with E-state index in [-0.39, 0.29) is 5.91 Å². The van der Waals surface area contributed by atoms with Crippen molar-refractivity contribution in [2.24, 2.45) is 0 Å². The Bertz CT molecular complexity index is 999. The summed E-state index contributed by atoms with van der Waals surface area (Å²) in [5.74, 6) is 1.43. The van der Waals surface area contributed by atoms with E-state index in [9.17, 15) is 4.79 Å². The lowest BCUT2D eigenvalue weighted by molar-refractivity contribution is 0.102. The Balaban J connectivity index is 1.43. The number of aryl methyl sites for hydroxylation is 1. The van der Waals surface area contributed by atoms with Crippen LogP contribution in [0.5, 0.6) is 0 Å². The lowest BCUT2D eigenvalue weighted by Gasteiger charge is -2.17. The lowest BCUT2D eigenvalue weighted by Crippen LogP contribution is -2.19. The fraction of sp³-hybridized carbons (Fsp3) is 0.227. The molecule has 2 aromatic carbocycles. The van der Waals surface area contributed by atoms with E-state index in [2.05, 4.69) is 48.1 Å². The molecule has 7 heteroatoms. The smallest absolute Gasteiger partial charge is 0.255 e. The van der Waals surface area contributed by atoms with Gasteiger partial charge in [-0.2, -0.15) is 4.98 Å². The van der Waals surface area contributed by atoms with E-state index in [0.717, 1.165) is 39.5 Å². The lowest BCUT2D eigenvalue weighted by atomic mass is 10.2. The number of aromatic nitrogens is 2. The number of carbonyl (C=O) groups excluding carboxylic acids is 1. The summed E-state index contributed by atoms with van der Waals surface area (Å²) in [4.78, 5) is 23.8.